The van der Waals surface area contributed by atoms with Crippen molar-refractivity contribution in [2.45, 2.75) is 18.2 Å². The number of hydrogen-bond acceptors (Lipinski definition) is 9. The molecule has 2 aliphatic rings. The summed E-state index contributed by atoms with van der Waals surface area (Å²) in [6.07, 6.45) is 0.0564. The summed E-state index contributed by atoms with van der Waals surface area (Å²) in [4.78, 5) is 32.8. The van der Waals surface area contributed by atoms with Crippen LogP contribution in [0.15, 0.2) is 36.4 Å². The number of nitrogens with zero attached hydrogens (tertiary/aromatic N) is 3. The van der Waals surface area contributed by atoms with Crippen LogP contribution >= 0.6 is 22.9 Å². The van der Waals surface area contributed by atoms with Crippen LogP contribution in [0.1, 0.15) is 16.8 Å². The fraction of sp³-hybridized carbons (Fsp3) is 0.348. The molecule has 5 N–H and O–H groups in total. The van der Waals surface area contributed by atoms with Gasteiger partial charge in [0, 0.05) is 31.6 Å². The standard InChI is InChI=1S/C23H25ClN6O4S/c1-29-17-5-2-13(21(32)33)10-16(17)27-23(29,19(12-20(25)31)30-6-8-34-9-7-30)28-22-26-15-4-3-14(24)11-18(15)35-22/h2-5,10-11,19,27H,6-9,12H2,1H3,(H2,25,31)(H,26,28)(H,32,33). The lowest BCUT2D eigenvalue weighted by Gasteiger charge is -2.48. The fourth-order valence-electron chi connectivity index (χ4n) is 4.78. The van der Waals surface area contributed by atoms with E-state index in [1.807, 2.05) is 24.1 Å². The van der Waals surface area contributed by atoms with Gasteiger partial charge in [0.25, 0.3) is 0 Å². The summed E-state index contributed by atoms with van der Waals surface area (Å²) in [5, 5.41) is 17.8. The highest BCUT2D eigenvalue weighted by Crippen LogP contribution is 2.44. The van der Waals surface area contributed by atoms with Crippen LogP contribution in [-0.2, 0) is 9.53 Å². The third kappa shape index (κ3) is 4.36. The molecule has 10 nitrogen and oxygen atoms in total. The Bertz CT molecular complexity index is 1300. The lowest BCUT2D eigenvalue weighted by atomic mass is 10.0. The van der Waals surface area contributed by atoms with Crippen LogP contribution < -0.4 is 21.3 Å². The Labute approximate surface area is 210 Å². The van der Waals surface area contributed by atoms with E-state index in [1.54, 1.807) is 24.3 Å². The van der Waals surface area contributed by atoms with Gasteiger partial charge in [-0.1, -0.05) is 22.9 Å². The fourth-order valence-corrected chi connectivity index (χ4v) is 5.98. The van der Waals surface area contributed by atoms with E-state index in [-0.39, 0.29) is 12.0 Å². The first kappa shape index (κ1) is 23.6. The molecular weight excluding hydrogens is 492 g/mol. The zero-order chi connectivity index (χ0) is 24.7. The number of likely N-dealkylation sites (N-methyl/N-ethyl adjacent to an activating group) is 1. The predicted octanol–water partition coefficient (Wildman–Crippen LogP) is 2.85. The highest BCUT2D eigenvalue weighted by atomic mass is 35.5. The van der Waals surface area contributed by atoms with Gasteiger partial charge in [0.05, 0.1) is 46.4 Å². The van der Waals surface area contributed by atoms with Crippen LogP contribution in [0.25, 0.3) is 10.2 Å². The van der Waals surface area contributed by atoms with Crippen molar-refractivity contribution in [2.75, 3.05) is 48.9 Å². The van der Waals surface area contributed by atoms with E-state index in [2.05, 4.69) is 15.5 Å². The van der Waals surface area contributed by atoms with Gasteiger partial charge in [0.2, 0.25) is 11.7 Å². The Morgan fingerprint density at radius 3 is 2.80 bits per heavy atom. The van der Waals surface area contributed by atoms with Gasteiger partial charge in [-0.05, 0) is 36.4 Å². The number of anilines is 3. The molecule has 3 heterocycles. The average Bonchev–Trinajstić information content (AvgIpc) is 3.35. The topological polar surface area (TPSA) is 133 Å². The number of carbonyl (C=O) groups excluding carboxylic acids is 1. The molecule has 0 aliphatic carbocycles. The summed E-state index contributed by atoms with van der Waals surface area (Å²) >= 11 is 7.62. The van der Waals surface area contributed by atoms with Crippen LogP contribution in [0, 0.1) is 0 Å². The number of fused-ring (bicyclic) bond motifs is 2. The van der Waals surface area contributed by atoms with Crippen molar-refractivity contribution < 1.29 is 19.4 Å². The Morgan fingerprint density at radius 2 is 2.09 bits per heavy atom. The second-order valence-electron chi connectivity index (χ2n) is 8.58. The van der Waals surface area contributed by atoms with Gasteiger partial charge < -0.3 is 31.1 Å². The maximum Gasteiger partial charge on any atom is 0.335 e. The van der Waals surface area contributed by atoms with Gasteiger partial charge >= 0.3 is 5.97 Å². The number of amides is 1. The van der Waals surface area contributed by atoms with Crippen molar-refractivity contribution in [1.29, 1.82) is 0 Å². The number of nitrogens with two attached hydrogens (primary N) is 1. The van der Waals surface area contributed by atoms with Gasteiger partial charge in [0.15, 0.2) is 5.13 Å². The minimum Gasteiger partial charge on any atom is -0.478 e. The summed E-state index contributed by atoms with van der Waals surface area (Å²) in [5.74, 6) is -2.52. The molecular formula is C23H25ClN6O4S. The molecule has 2 aliphatic heterocycles. The molecule has 0 bridgehead atoms. The molecule has 0 radical (unpaired) electrons. The maximum absolute atomic E-state index is 12.3. The predicted molar refractivity (Wildman–Crippen MR) is 136 cm³/mol. The van der Waals surface area contributed by atoms with Gasteiger partial charge in [-0.2, -0.15) is 0 Å². The molecule has 1 amide bonds. The van der Waals surface area contributed by atoms with E-state index in [4.69, 9.17) is 27.1 Å². The minimum absolute atomic E-state index is 0.0564. The molecule has 5 rings (SSSR count). The van der Waals surface area contributed by atoms with Gasteiger partial charge in [-0.15, -0.1) is 0 Å². The quantitative estimate of drug-likeness (QED) is 0.374. The second-order valence-corrected chi connectivity index (χ2v) is 10.0. The number of primary amides is 1. The lowest BCUT2D eigenvalue weighted by molar-refractivity contribution is -0.120. The van der Waals surface area contributed by atoms with Crippen LogP contribution in [0.3, 0.4) is 0 Å². The Morgan fingerprint density at radius 1 is 1.31 bits per heavy atom. The number of morpholine rings is 1. The van der Waals surface area contributed by atoms with E-state index in [9.17, 15) is 14.7 Å². The van der Waals surface area contributed by atoms with Crippen molar-refractivity contribution in [2.24, 2.45) is 5.73 Å². The molecule has 184 valence electrons. The van der Waals surface area contributed by atoms with Crippen LogP contribution in [0.5, 0.6) is 0 Å². The van der Waals surface area contributed by atoms with Crippen LogP contribution in [0.2, 0.25) is 5.02 Å². The summed E-state index contributed by atoms with van der Waals surface area (Å²) in [7, 11) is 1.89. The molecule has 2 atom stereocenters. The number of carbonyl (C=O) groups is 2. The largest absolute Gasteiger partial charge is 0.478 e. The third-order valence-electron chi connectivity index (χ3n) is 6.47. The van der Waals surface area contributed by atoms with Gasteiger partial charge in [-0.25, -0.2) is 9.78 Å². The SMILES string of the molecule is CN1c2ccc(C(=O)O)cc2NC1(Nc1nc2ccc(Cl)cc2s1)C(CC(N)=O)N1CCOCC1. The number of halogens is 1. The average molecular weight is 517 g/mol. The first-order valence-electron chi connectivity index (χ1n) is 11.1. The van der Waals surface area contributed by atoms with Crippen molar-refractivity contribution in [3.05, 3.63) is 47.0 Å². The Kier molecular flexibility index (Phi) is 6.18. The number of nitrogens with one attached hydrogen (secondary N) is 2. The van der Waals surface area contributed by atoms with Gasteiger partial charge in [0.1, 0.15) is 0 Å². The molecule has 1 fully saturated rings. The highest BCUT2D eigenvalue weighted by Gasteiger charge is 2.51. The number of carboxylic acids is 1. The summed E-state index contributed by atoms with van der Waals surface area (Å²) < 4.78 is 6.47. The van der Waals surface area contributed by atoms with E-state index < -0.39 is 23.7 Å². The van der Waals surface area contributed by atoms with Crippen LogP contribution in [-0.4, -0.2) is 72.0 Å². The van der Waals surface area contributed by atoms with E-state index in [0.717, 1.165) is 15.9 Å². The monoisotopic (exact) mass is 516 g/mol. The highest BCUT2D eigenvalue weighted by molar-refractivity contribution is 7.22. The Hall–Kier alpha value is -3.12. The number of rotatable bonds is 7. The molecule has 12 heteroatoms. The van der Waals surface area contributed by atoms with Crippen LogP contribution in [0.4, 0.5) is 16.5 Å². The zero-order valence-corrected chi connectivity index (χ0v) is 20.5. The Balaban J connectivity index is 1.62. The molecule has 1 saturated heterocycles. The van der Waals surface area contributed by atoms with E-state index >= 15 is 0 Å². The number of aromatic carboxylic acids is 1. The van der Waals surface area contributed by atoms with Crippen molar-refractivity contribution >= 4 is 61.5 Å². The maximum atomic E-state index is 12.3. The lowest BCUT2D eigenvalue weighted by Crippen LogP contribution is -2.69. The third-order valence-corrected chi connectivity index (χ3v) is 7.64. The van der Waals surface area contributed by atoms with Gasteiger partial charge in [-0.3, -0.25) is 9.69 Å². The summed E-state index contributed by atoms with van der Waals surface area (Å²) in [6.45, 7) is 2.29. The molecule has 2 unspecified atom stereocenters. The number of aromatic nitrogens is 1. The number of ether oxygens (including phenoxy) is 1. The summed E-state index contributed by atoms with van der Waals surface area (Å²) in [5.41, 5.74) is 8.11. The van der Waals surface area contributed by atoms with Crippen molar-refractivity contribution in [3.8, 4) is 0 Å². The summed E-state index contributed by atoms with van der Waals surface area (Å²) in [6, 6.07) is 9.99. The first-order valence-corrected chi connectivity index (χ1v) is 12.3. The number of thiazole rings is 1. The molecule has 3 aromatic rings. The molecule has 35 heavy (non-hydrogen) atoms. The normalized spacial score (nSPS) is 20.9. The smallest absolute Gasteiger partial charge is 0.335 e. The van der Waals surface area contributed by atoms with Crippen molar-refractivity contribution in [3.63, 3.8) is 0 Å². The van der Waals surface area contributed by atoms with E-state index in [1.165, 1.54) is 11.3 Å². The van der Waals surface area contributed by atoms with Crippen molar-refractivity contribution in [1.82, 2.24) is 9.88 Å². The molecule has 2 aromatic carbocycles. The second kappa shape index (κ2) is 9.15. The number of hydrogen-bond donors (Lipinski definition) is 4. The molecule has 1 aromatic heterocycles. The number of carboxylic acid groups (broad SMARTS) is 1. The number of benzene rings is 2. The minimum atomic E-state index is -1.05. The van der Waals surface area contributed by atoms with E-state index in [0.29, 0.717) is 42.1 Å². The first-order chi connectivity index (χ1) is 16.8. The molecule has 0 spiro atoms. The molecule has 0 saturated carbocycles. The zero-order valence-electron chi connectivity index (χ0n) is 19.0.